The Bertz CT molecular complexity index is 2360. The van der Waals surface area contributed by atoms with Gasteiger partial charge in [-0.3, -0.25) is 28.5 Å². The smallest absolute Gasteiger partial charge is 0.330 e. The first-order valence-corrected chi connectivity index (χ1v) is 28.0. The number of Topliss-reactive ketones (excluding diaryl/α,β-unsaturated/α-hetero) is 1. The van der Waals surface area contributed by atoms with E-state index in [0.29, 0.717) is 48.4 Å². The van der Waals surface area contributed by atoms with Gasteiger partial charge in [-0.2, -0.15) is 0 Å². The molecule has 1 saturated heterocycles. The highest BCUT2D eigenvalue weighted by Gasteiger charge is 2.61. The molecule has 8 rings (SSSR count). The molecule has 1 aromatic heterocycles. The zero-order valence-electron chi connectivity index (χ0n) is 39.1. The largest absolute Gasteiger partial charge is 0.492 e. The van der Waals surface area contributed by atoms with Gasteiger partial charge in [0.25, 0.3) is 0 Å². The molecule has 0 unspecified atom stereocenters. The highest BCUT2D eigenvalue weighted by Crippen LogP contribution is 2.57. The van der Waals surface area contributed by atoms with Gasteiger partial charge in [0, 0.05) is 18.2 Å². The van der Waals surface area contributed by atoms with Crippen LogP contribution < -0.4 is 14.2 Å². The van der Waals surface area contributed by atoms with Crippen LogP contribution in [0.15, 0.2) is 49.1 Å². The summed E-state index contributed by atoms with van der Waals surface area (Å²) < 4.78 is 72.3. The minimum Gasteiger partial charge on any atom is -0.492 e. The lowest BCUT2D eigenvalue weighted by molar-refractivity contribution is -0.156. The van der Waals surface area contributed by atoms with Crippen LogP contribution in [0.5, 0.6) is 11.6 Å². The summed E-state index contributed by atoms with van der Waals surface area (Å²) in [6.07, 6.45) is 14.3. The van der Waals surface area contributed by atoms with Gasteiger partial charge in [-0.05, 0) is 121 Å². The third-order valence-corrected chi connectivity index (χ3v) is 18.9. The first-order valence-electron chi connectivity index (χ1n) is 24.7. The molecular weight excluding hydrogens is 898 g/mol. The predicted octanol–water partition coefficient (Wildman–Crippen LogP) is 8.18. The van der Waals surface area contributed by atoms with E-state index in [1.165, 1.54) is 0 Å². The van der Waals surface area contributed by atoms with Gasteiger partial charge >= 0.3 is 13.6 Å². The van der Waals surface area contributed by atoms with Crippen molar-refractivity contribution in [3.63, 3.8) is 0 Å². The molecule has 2 amide bonds. The van der Waals surface area contributed by atoms with Crippen LogP contribution in [0, 0.1) is 29.1 Å². The molecule has 5 fully saturated rings. The minimum absolute atomic E-state index is 0.0163. The molecule has 15 nitrogen and oxygen atoms in total. The van der Waals surface area contributed by atoms with Crippen LogP contribution in [0.2, 0.25) is 0 Å². The summed E-state index contributed by atoms with van der Waals surface area (Å²) in [5.41, 5.74) is -0.0317. The van der Waals surface area contributed by atoms with E-state index in [2.05, 4.69) is 23.5 Å². The molecule has 0 spiro atoms. The Hall–Kier alpha value is -4.11. The number of pyridine rings is 1. The number of nitrogens with one attached hydrogen (secondary N) is 1. The van der Waals surface area contributed by atoms with Crippen molar-refractivity contribution >= 4 is 52.1 Å². The predicted molar refractivity (Wildman–Crippen MR) is 252 cm³/mol. The number of carbonyl (C=O) groups excluding carboxylic acids is 4. The summed E-state index contributed by atoms with van der Waals surface area (Å²) in [6.45, 7) is 8.16. The normalized spacial score (nSPS) is 29.0. The molecule has 7 atom stereocenters. The van der Waals surface area contributed by atoms with Gasteiger partial charge < -0.3 is 28.2 Å². The molecular formula is C50H68N3O12PS. The van der Waals surface area contributed by atoms with Crippen molar-refractivity contribution in [2.45, 2.75) is 147 Å². The second-order valence-electron chi connectivity index (χ2n) is 19.4. The minimum atomic E-state index is -3.89. The average molecular weight is 966 g/mol. The summed E-state index contributed by atoms with van der Waals surface area (Å²) in [6, 6.07) is 6.56. The molecule has 2 bridgehead atoms. The number of hydrogen-bond acceptors (Lipinski definition) is 13. The molecule has 1 N–H and O–H groups in total. The Kier molecular flexibility index (Phi) is 15.6. The third kappa shape index (κ3) is 11.3. The van der Waals surface area contributed by atoms with Crippen molar-refractivity contribution in [2.75, 3.05) is 32.5 Å². The number of aromatic nitrogens is 1. The van der Waals surface area contributed by atoms with Crippen LogP contribution in [-0.2, 0) is 54.0 Å². The second kappa shape index (κ2) is 21.3. The van der Waals surface area contributed by atoms with Crippen LogP contribution in [0.4, 0.5) is 0 Å². The zero-order valence-corrected chi connectivity index (χ0v) is 40.8. The number of ketones is 1. The number of allylic oxidation sites excluding steroid dienone is 3. The van der Waals surface area contributed by atoms with Gasteiger partial charge in [-0.15, -0.1) is 6.58 Å². The Labute approximate surface area is 395 Å². The maximum atomic E-state index is 15.2. The Morgan fingerprint density at radius 3 is 2.45 bits per heavy atom. The van der Waals surface area contributed by atoms with Crippen LogP contribution >= 0.6 is 7.60 Å². The first kappa shape index (κ1) is 49.3. The summed E-state index contributed by atoms with van der Waals surface area (Å²) in [4.78, 5) is 64.4. The van der Waals surface area contributed by atoms with E-state index in [-0.39, 0.29) is 87.8 Å². The van der Waals surface area contributed by atoms with Crippen molar-refractivity contribution in [1.82, 2.24) is 14.6 Å². The lowest BCUT2D eigenvalue weighted by Crippen LogP contribution is -2.47. The third-order valence-electron chi connectivity index (χ3n) is 14.9. The fraction of sp³-hybridized carbons (Fsp3) is 0.660. The van der Waals surface area contributed by atoms with E-state index >= 15 is 4.79 Å². The Morgan fingerprint density at radius 2 is 1.73 bits per heavy atom. The molecule has 1 aromatic carbocycles. The summed E-state index contributed by atoms with van der Waals surface area (Å²) in [5, 5.41) is 0.135. The lowest BCUT2D eigenvalue weighted by Gasteiger charge is -2.31. The number of hydrogen-bond donors (Lipinski definition) is 1. The highest BCUT2D eigenvalue weighted by atomic mass is 32.2. The number of para-hydroxylation sites is 1. The fourth-order valence-electron chi connectivity index (χ4n) is 11.1. The second-order valence-corrected chi connectivity index (χ2v) is 23.6. The molecule has 4 aliphatic carbocycles. The highest BCUT2D eigenvalue weighted by molar-refractivity contribution is 7.90. The summed E-state index contributed by atoms with van der Waals surface area (Å²) >= 11 is 0. The number of esters is 1. The fourth-order valence-corrected chi connectivity index (χ4v) is 14.1. The van der Waals surface area contributed by atoms with Gasteiger partial charge in [0.15, 0.2) is 5.78 Å². The van der Waals surface area contributed by atoms with Gasteiger partial charge in [0.05, 0.1) is 72.7 Å². The van der Waals surface area contributed by atoms with E-state index in [9.17, 15) is 27.4 Å². The summed E-state index contributed by atoms with van der Waals surface area (Å²) in [5.74, 6) is -2.01. The number of nitrogens with zero attached hydrogens (tertiary/aromatic N) is 2. The van der Waals surface area contributed by atoms with Crippen LogP contribution in [0.3, 0.4) is 0 Å². The van der Waals surface area contributed by atoms with Crippen molar-refractivity contribution in [1.29, 1.82) is 0 Å². The molecule has 6 aliphatic rings. The molecule has 366 valence electrons. The SMILES string of the molecule is C=C[C@@H]1C[C@]1(CC(=O)[C@@H]1C[C@@H]2CN1C(=O)[C@H](C1CCCC1)CC(=O)O[C@@H]1CCC[C@H]1CC/C=C/Cc1c(nc3ccccc3c1OCCCP(=O)(OCC)OCC)O2)C(=O)NS(=O)(=O)C1CC1. The molecule has 17 heteroatoms. The molecule has 2 aromatic rings. The lowest BCUT2D eigenvalue weighted by atomic mass is 9.86. The van der Waals surface area contributed by atoms with E-state index in [4.69, 9.17) is 28.2 Å². The number of benzene rings is 1. The van der Waals surface area contributed by atoms with Crippen molar-refractivity contribution in [3.8, 4) is 11.6 Å². The van der Waals surface area contributed by atoms with Gasteiger partial charge in [0.2, 0.25) is 27.7 Å². The van der Waals surface area contributed by atoms with E-state index < -0.39 is 64.1 Å². The number of ether oxygens (including phenoxy) is 3. The number of carbonyl (C=O) groups is 4. The number of amides is 2. The average Bonchev–Trinajstić information content (AvgIpc) is 4.09. The maximum Gasteiger partial charge on any atom is 0.330 e. The molecule has 2 aliphatic heterocycles. The maximum absolute atomic E-state index is 15.2. The molecule has 67 heavy (non-hydrogen) atoms. The Balaban J connectivity index is 1.14. The molecule has 3 heterocycles. The van der Waals surface area contributed by atoms with Crippen LogP contribution in [-0.4, -0.2) is 97.9 Å². The molecule has 0 radical (unpaired) electrons. The number of sulfonamides is 1. The summed E-state index contributed by atoms with van der Waals surface area (Å²) in [7, 11) is -7.21. The standard InChI is InChI=1S/C50H68N3O12PS/c1-4-35-30-50(35,49(57)52-67(59,60)37-24-25-37)31-43(54)42-28-36-32-53(42)48(56)40(33-16-10-11-17-33)29-45(55)65-44-23-14-19-34(44)18-8-7-9-21-39-46(38-20-12-13-22-41(38)51-47(39)64-36)61-26-15-27-66(58,62-5-2)63-6-3/h4,7,9,12-13,20,22,33-37,40,42,44H,1,5-6,8,10-11,14-19,21,23-32H2,2-3H3,(H,52,57)/b9-7+/t34-,35-,36-,40+,42+,44-,50-/m1/s1. The van der Waals surface area contributed by atoms with Crippen molar-refractivity contribution < 1.29 is 55.4 Å². The quantitative estimate of drug-likeness (QED) is 0.0691. The van der Waals surface area contributed by atoms with Crippen molar-refractivity contribution in [2.24, 2.45) is 29.1 Å². The van der Waals surface area contributed by atoms with Crippen LogP contribution in [0.1, 0.15) is 122 Å². The van der Waals surface area contributed by atoms with Gasteiger partial charge in [-0.25, -0.2) is 13.4 Å². The zero-order chi connectivity index (χ0) is 47.3. The number of rotatable bonds is 17. The van der Waals surface area contributed by atoms with Gasteiger partial charge in [0.1, 0.15) is 18.0 Å². The number of fused-ring (bicyclic) bond motifs is 5. The van der Waals surface area contributed by atoms with E-state index in [1.54, 1.807) is 24.8 Å². The monoisotopic (exact) mass is 965 g/mol. The van der Waals surface area contributed by atoms with Crippen molar-refractivity contribution in [3.05, 3.63) is 54.6 Å². The van der Waals surface area contributed by atoms with Crippen LogP contribution in [0.25, 0.3) is 10.9 Å². The van der Waals surface area contributed by atoms with E-state index in [0.717, 1.165) is 63.2 Å². The topological polar surface area (TPSA) is 194 Å². The van der Waals surface area contributed by atoms with E-state index in [1.807, 2.05) is 24.3 Å². The molecule has 4 saturated carbocycles. The Morgan fingerprint density at radius 1 is 0.985 bits per heavy atom. The first-order chi connectivity index (χ1) is 32.3. The van der Waals surface area contributed by atoms with Gasteiger partial charge in [-0.1, -0.05) is 43.2 Å².